The quantitative estimate of drug-likeness (QED) is 0.641. The Morgan fingerprint density at radius 2 is 2.05 bits per heavy atom. The summed E-state index contributed by atoms with van der Waals surface area (Å²) in [5.41, 5.74) is 0.0124. The van der Waals surface area contributed by atoms with E-state index in [4.69, 9.17) is 0 Å². The molecule has 0 atom stereocenters. The number of hydrogen-bond donors (Lipinski definition) is 1. The third-order valence-electron chi connectivity index (χ3n) is 4.00. The molecular formula is C13H16BrN3O2. The lowest BCUT2D eigenvalue weighted by Crippen LogP contribution is -2.19. The van der Waals surface area contributed by atoms with Crippen LogP contribution >= 0.6 is 15.9 Å². The first-order valence-electron chi connectivity index (χ1n) is 6.69. The average molecular weight is 326 g/mol. The monoisotopic (exact) mass is 325 g/mol. The van der Waals surface area contributed by atoms with E-state index in [0.29, 0.717) is 10.3 Å². The van der Waals surface area contributed by atoms with E-state index in [-0.39, 0.29) is 5.69 Å². The summed E-state index contributed by atoms with van der Waals surface area (Å²) < 4.78 is 0.659. The Kier molecular flexibility index (Phi) is 3.43. The van der Waals surface area contributed by atoms with E-state index >= 15 is 0 Å². The number of nitro groups is 1. The van der Waals surface area contributed by atoms with Crippen LogP contribution in [0.3, 0.4) is 0 Å². The van der Waals surface area contributed by atoms with Crippen molar-refractivity contribution in [2.24, 2.45) is 17.8 Å². The number of nitrogens with zero attached hydrogens (tertiary/aromatic N) is 2. The van der Waals surface area contributed by atoms with Crippen molar-refractivity contribution in [1.29, 1.82) is 0 Å². The molecule has 3 rings (SSSR count). The van der Waals surface area contributed by atoms with Gasteiger partial charge in [-0.15, -0.1) is 0 Å². The van der Waals surface area contributed by atoms with Crippen LogP contribution in [0.4, 0.5) is 11.5 Å². The van der Waals surface area contributed by atoms with E-state index in [0.717, 1.165) is 24.3 Å². The normalized spacial score (nSPS) is 18.6. The molecule has 5 nitrogen and oxygen atoms in total. The number of halogens is 1. The number of hydrogen-bond acceptors (Lipinski definition) is 4. The average Bonchev–Trinajstić information content (AvgIpc) is 3.25. The third kappa shape index (κ3) is 3.05. The van der Waals surface area contributed by atoms with E-state index in [9.17, 15) is 10.1 Å². The van der Waals surface area contributed by atoms with Crippen LogP contribution in [-0.2, 0) is 0 Å². The summed E-state index contributed by atoms with van der Waals surface area (Å²) >= 11 is 3.34. The minimum atomic E-state index is -0.432. The van der Waals surface area contributed by atoms with Gasteiger partial charge >= 0.3 is 0 Å². The van der Waals surface area contributed by atoms with Gasteiger partial charge in [0.25, 0.3) is 5.69 Å². The van der Waals surface area contributed by atoms with Gasteiger partial charge in [0.05, 0.1) is 9.40 Å². The molecule has 1 aromatic rings. The molecular weight excluding hydrogens is 310 g/mol. The molecule has 0 unspecified atom stereocenters. The molecule has 0 radical (unpaired) electrons. The Morgan fingerprint density at radius 3 is 2.53 bits per heavy atom. The smallest absolute Gasteiger partial charge is 0.288 e. The van der Waals surface area contributed by atoms with Gasteiger partial charge in [-0.25, -0.2) is 4.98 Å². The summed E-state index contributed by atoms with van der Waals surface area (Å²) in [6.45, 7) is 0.929. The Hall–Kier alpha value is -1.17. The second kappa shape index (κ2) is 5.07. The van der Waals surface area contributed by atoms with E-state index in [1.807, 2.05) is 0 Å². The molecule has 6 heteroatoms. The molecule has 1 aromatic heterocycles. The Labute approximate surface area is 120 Å². The number of rotatable bonds is 6. The van der Waals surface area contributed by atoms with Crippen molar-refractivity contribution in [3.63, 3.8) is 0 Å². The molecule has 2 aliphatic carbocycles. The predicted molar refractivity (Wildman–Crippen MR) is 76.0 cm³/mol. The van der Waals surface area contributed by atoms with Crippen LogP contribution in [-0.4, -0.2) is 16.5 Å². The van der Waals surface area contributed by atoms with Crippen molar-refractivity contribution in [3.8, 4) is 0 Å². The van der Waals surface area contributed by atoms with Gasteiger partial charge in [0.15, 0.2) is 0 Å². The second-order valence-electron chi connectivity index (χ2n) is 5.50. The standard InChI is InChI=1S/C13H16BrN3O2/c14-12-5-10(17(18)19)6-15-13(12)16-7-11(8-1-2-8)9-3-4-9/h5-6,8-9,11H,1-4,7H2,(H,15,16). The molecule has 1 heterocycles. The third-order valence-corrected chi connectivity index (χ3v) is 4.60. The molecule has 0 spiro atoms. The van der Waals surface area contributed by atoms with Crippen molar-refractivity contribution in [2.75, 3.05) is 11.9 Å². The van der Waals surface area contributed by atoms with Crippen LogP contribution in [0, 0.1) is 27.9 Å². The molecule has 2 saturated carbocycles. The molecule has 2 aliphatic rings. The van der Waals surface area contributed by atoms with Gasteiger partial charge in [0, 0.05) is 12.6 Å². The summed E-state index contributed by atoms with van der Waals surface area (Å²) in [7, 11) is 0. The van der Waals surface area contributed by atoms with Crippen LogP contribution < -0.4 is 5.32 Å². The van der Waals surface area contributed by atoms with E-state index < -0.39 is 4.92 Å². The van der Waals surface area contributed by atoms with Gasteiger partial charge in [0.2, 0.25) is 0 Å². The largest absolute Gasteiger partial charge is 0.369 e. The first-order valence-corrected chi connectivity index (χ1v) is 7.48. The second-order valence-corrected chi connectivity index (χ2v) is 6.36. The number of pyridine rings is 1. The summed E-state index contributed by atoms with van der Waals surface area (Å²) in [5.74, 6) is 3.23. The first kappa shape index (κ1) is 12.8. The fourth-order valence-electron chi connectivity index (χ4n) is 2.64. The van der Waals surface area contributed by atoms with Gasteiger partial charge in [-0.3, -0.25) is 10.1 Å². The fourth-order valence-corrected chi connectivity index (χ4v) is 3.12. The highest BCUT2D eigenvalue weighted by atomic mass is 79.9. The molecule has 0 bridgehead atoms. The number of aromatic nitrogens is 1. The molecule has 1 N–H and O–H groups in total. The molecule has 2 fully saturated rings. The Bertz CT molecular complexity index is 489. The SMILES string of the molecule is O=[N+]([O-])c1cnc(NCC(C2CC2)C2CC2)c(Br)c1. The van der Waals surface area contributed by atoms with Gasteiger partial charge in [0.1, 0.15) is 12.0 Å². The first-order chi connectivity index (χ1) is 9.15. The minimum absolute atomic E-state index is 0.0124. The van der Waals surface area contributed by atoms with E-state index in [1.54, 1.807) is 0 Å². The zero-order valence-electron chi connectivity index (χ0n) is 10.5. The van der Waals surface area contributed by atoms with Gasteiger partial charge < -0.3 is 5.32 Å². The lowest BCUT2D eigenvalue weighted by atomic mass is 9.98. The number of anilines is 1. The highest BCUT2D eigenvalue weighted by Crippen LogP contribution is 2.49. The maximum Gasteiger partial charge on any atom is 0.288 e. The topological polar surface area (TPSA) is 68.1 Å². The maximum atomic E-state index is 10.7. The maximum absolute atomic E-state index is 10.7. The molecule has 102 valence electrons. The highest BCUT2D eigenvalue weighted by molar-refractivity contribution is 9.10. The van der Waals surface area contributed by atoms with Crippen LogP contribution in [0.2, 0.25) is 0 Å². The summed E-state index contributed by atoms with van der Waals surface area (Å²) in [4.78, 5) is 14.3. The van der Waals surface area contributed by atoms with Gasteiger partial charge in [-0.05, 0) is 59.4 Å². The van der Waals surface area contributed by atoms with Crippen molar-refractivity contribution in [3.05, 3.63) is 26.9 Å². The van der Waals surface area contributed by atoms with Crippen LogP contribution in [0.25, 0.3) is 0 Å². The molecule has 0 amide bonds. The predicted octanol–water partition coefficient (Wildman–Crippen LogP) is 3.60. The fraction of sp³-hybridized carbons (Fsp3) is 0.615. The van der Waals surface area contributed by atoms with E-state index in [2.05, 4.69) is 26.2 Å². The van der Waals surface area contributed by atoms with Gasteiger partial charge in [-0.1, -0.05) is 0 Å². The molecule has 19 heavy (non-hydrogen) atoms. The highest BCUT2D eigenvalue weighted by Gasteiger charge is 2.41. The van der Waals surface area contributed by atoms with Crippen molar-refractivity contribution in [1.82, 2.24) is 4.98 Å². The molecule has 0 aromatic carbocycles. The Morgan fingerprint density at radius 1 is 1.42 bits per heavy atom. The van der Waals surface area contributed by atoms with Gasteiger partial charge in [-0.2, -0.15) is 0 Å². The van der Waals surface area contributed by atoms with Crippen molar-refractivity contribution in [2.45, 2.75) is 25.7 Å². The lowest BCUT2D eigenvalue weighted by Gasteiger charge is -2.17. The van der Waals surface area contributed by atoms with E-state index in [1.165, 1.54) is 37.9 Å². The van der Waals surface area contributed by atoms with Crippen LogP contribution in [0.5, 0.6) is 0 Å². The number of nitrogens with one attached hydrogen (secondary N) is 1. The van der Waals surface area contributed by atoms with Crippen LogP contribution in [0.1, 0.15) is 25.7 Å². The minimum Gasteiger partial charge on any atom is -0.369 e. The lowest BCUT2D eigenvalue weighted by molar-refractivity contribution is -0.385. The zero-order chi connectivity index (χ0) is 13.4. The molecule has 0 aliphatic heterocycles. The molecule has 0 saturated heterocycles. The Balaban J connectivity index is 1.64. The summed E-state index contributed by atoms with van der Waals surface area (Å²) in [5, 5.41) is 14.0. The summed E-state index contributed by atoms with van der Waals surface area (Å²) in [6, 6.07) is 1.50. The summed E-state index contributed by atoms with van der Waals surface area (Å²) in [6.07, 6.45) is 6.74. The zero-order valence-corrected chi connectivity index (χ0v) is 12.1. The van der Waals surface area contributed by atoms with Crippen LogP contribution in [0.15, 0.2) is 16.7 Å². The van der Waals surface area contributed by atoms with Crippen molar-refractivity contribution >= 4 is 27.4 Å². The van der Waals surface area contributed by atoms with Crippen molar-refractivity contribution < 1.29 is 4.92 Å².